The number of hydrogen-bond donors (Lipinski definition) is 0. The van der Waals surface area contributed by atoms with Gasteiger partial charge in [-0.25, -0.2) is 0 Å². The molecular formula is C10H22O4Si. The topological polar surface area (TPSA) is 36.9 Å². The Bertz CT molecular complexity index is 172. The van der Waals surface area contributed by atoms with Crippen molar-refractivity contribution < 1.29 is 18.0 Å². The molecule has 0 aliphatic heterocycles. The van der Waals surface area contributed by atoms with E-state index in [2.05, 4.69) is 0 Å². The molecule has 0 bridgehead atoms. The molecule has 15 heavy (non-hydrogen) atoms. The van der Waals surface area contributed by atoms with Gasteiger partial charge in [0, 0.05) is 34.5 Å². The maximum absolute atomic E-state index is 5.32. The monoisotopic (exact) mass is 234 g/mol. The van der Waals surface area contributed by atoms with Crippen molar-refractivity contribution in [2.24, 2.45) is 0 Å². The summed E-state index contributed by atoms with van der Waals surface area (Å²) in [6.07, 6.45) is 4.93. The number of methoxy groups -OCH3 is 1. The molecule has 0 amide bonds. The van der Waals surface area contributed by atoms with Gasteiger partial charge in [0.15, 0.2) is 0 Å². The molecule has 0 aliphatic carbocycles. The second-order valence-corrected chi connectivity index (χ2v) is 6.22. The van der Waals surface area contributed by atoms with Gasteiger partial charge in [-0.3, -0.25) is 0 Å². The third-order valence-electron chi connectivity index (χ3n) is 2.38. The number of allylic oxidation sites excluding steroid dienone is 1. The van der Waals surface area contributed by atoms with Crippen LogP contribution in [0, 0.1) is 0 Å². The molecule has 1 atom stereocenters. The minimum absolute atomic E-state index is 0.0994. The maximum atomic E-state index is 5.32. The summed E-state index contributed by atoms with van der Waals surface area (Å²) in [6, 6.07) is 0.749. The van der Waals surface area contributed by atoms with Crippen LogP contribution in [0.1, 0.15) is 13.3 Å². The first-order valence-corrected chi connectivity index (χ1v) is 6.92. The Hall–Kier alpha value is -0.203. The van der Waals surface area contributed by atoms with Gasteiger partial charge in [-0.15, -0.1) is 0 Å². The van der Waals surface area contributed by atoms with E-state index in [-0.39, 0.29) is 6.10 Å². The van der Waals surface area contributed by atoms with Gasteiger partial charge in [-0.05, 0) is 13.3 Å². The van der Waals surface area contributed by atoms with Crippen LogP contribution in [0.2, 0.25) is 6.04 Å². The SMILES string of the molecule is CC=CC(CC[Si](OC)(OC)OC)OC. The molecule has 0 aliphatic rings. The zero-order valence-corrected chi connectivity index (χ0v) is 11.3. The smallest absolute Gasteiger partial charge is 0.377 e. The van der Waals surface area contributed by atoms with Crippen molar-refractivity contribution in [1.82, 2.24) is 0 Å². The minimum atomic E-state index is -2.44. The van der Waals surface area contributed by atoms with Gasteiger partial charge in [-0.1, -0.05) is 12.2 Å². The zero-order chi connectivity index (χ0) is 11.7. The maximum Gasteiger partial charge on any atom is 0.500 e. The van der Waals surface area contributed by atoms with E-state index in [0.717, 1.165) is 12.5 Å². The second kappa shape index (κ2) is 8.01. The van der Waals surface area contributed by atoms with Gasteiger partial charge in [-0.2, -0.15) is 0 Å². The van der Waals surface area contributed by atoms with Crippen molar-refractivity contribution in [3.05, 3.63) is 12.2 Å². The summed E-state index contributed by atoms with van der Waals surface area (Å²) in [4.78, 5) is 0. The van der Waals surface area contributed by atoms with Crippen molar-refractivity contribution in [3.8, 4) is 0 Å². The van der Waals surface area contributed by atoms with Gasteiger partial charge in [0.05, 0.1) is 6.10 Å². The fourth-order valence-corrected chi connectivity index (χ4v) is 3.13. The van der Waals surface area contributed by atoms with E-state index < -0.39 is 8.80 Å². The van der Waals surface area contributed by atoms with E-state index in [4.69, 9.17) is 18.0 Å². The van der Waals surface area contributed by atoms with Crippen LogP contribution in [0.4, 0.5) is 0 Å². The summed E-state index contributed by atoms with van der Waals surface area (Å²) in [5.41, 5.74) is 0. The van der Waals surface area contributed by atoms with Gasteiger partial charge in [0.2, 0.25) is 0 Å². The lowest BCUT2D eigenvalue weighted by atomic mass is 10.2. The van der Waals surface area contributed by atoms with Crippen LogP contribution < -0.4 is 0 Å². The van der Waals surface area contributed by atoms with Crippen LogP contribution in [0.25, 0.3) is 0 Å². The van der Waals surface area contributed by atoms with Crippen molar-refractivity contribution in [1.29, 1.82) is 0 Å². The molecule has 0 saturated heterocycles. The van der Waals surface area contributed by atoms with Crippen LogP contribution in [0.15, 0.2) is 12.2 Å². The van der Waals surface area contributed by atoms with E-state index in [1.54, 1.807) is 28.4 Å². The Morgan fingerprint density at radius 1 is 1.07 bits per heavy atom. The van der Waals surface area contributed by atoms with Crippen molar-refractivity contribution >= 4 is 8.80 Å². The average Bonchev–Trinajstić information content (AvgIpc) is 2.30. The molecular weight excluding hydrogens is 212 g/mol. The van der Waals surface area contributed by atoms with Crippen molar-refractivity contribution in [2.75, 3.05) is 28.4 Å². The largest absolute Gasteiger partial charge is 0.500 e. The van der Waals surface area contributed by atoms with Crippen LogP contribution in [0.3, 0.4) is 0 Å². The Labute approximate surface area is 93.5 Å². The third-order valence-corrected chi connectivity index (χ3v) is 5.14. The van der Waals surface area contributed by atoms with E-state index in [0.29, 0.717) is 0 Å². The summed E-state index contributed by atoms with van der Waals surface area (Å²) in [7, 11) is 4.12. The normalized spacial score (nSPS) is 14.7. The molecule has 1 unspecified atom stereocenters. The molecule has 0 radical (unpaired) electrons. The highest BCUT2D eigenvalue weighted by Gasteiger charge is 2.37. The minimum Gasteiger partial charge on any atom is -0.377 e. The van der Waals surface area contributed by atoms with Crippen LogP contribution in [-0.4, -0.2) is 43.3 Å². The van der Waals surface area contributed by atoms with Gasteiger partial charge < -0.3 is 18.0 Å². The Balaban J connectivity index is 4.18. The average molecular weight is 234 g/mol. The number of rotatable bonds is 8. The highest BCUT2D eigenvalue weighted by molar-refractivity contribution is 6.60. The van der Waals surface area contributed by atoms with E-state index in [1.807, 2.05) is 19.1 Å². The summed E-state index contributed by atoms with van der Waals surface area (Å²) >= 11 is 0. The van der Waals surface area contributed by atoms with Crippen LogP contribution >= 0.6 is 0 Å². The second-order valence-electron chi connectivity index (χ2n) is 3.13. The molecule has 0 N–H and O–H groups in total. The molecule has 0 saturated carbocycles. The summed E-state index contributed by atoms with van der Waals surface area (Å²) in [5, 5.41) is 0. The fraction of sp³-hybridized carbons (Fsp3) is 0.800. The Morgan fingerprint density at radius 2 is 1.60 bits per heavy atom. The molecule has 0 aromatic rings. The fourth-order valence-electron chi connectivity index (χ4n) is 1.38. The van der Waals surface area contributed by atoms with E-state index >= 15 is 0 Å². The highest BCUT2D eigenvalue weighted by atomic mass is 28.4. The first kappa shape index (κ1) is 14.8. The summed E-state index contributed by atoms with van der Waals surface area (Å²) in [5.74, 6) is 0. The van der Waals surface area contributed by atoms with Gasteiger partial charge in [0.25, 0.3) is 0 Å². The molecule has 0 aromatic carbocycles. The standard InChI is InChI=1S/C10H22O4Si/c1-6-7-10(11-2)8-9-15(12-3,13-4)14-5/h6-7,10H,8-9H2,1-5H3. The van der Waals surface area contributed by atoms with Crippen molar-refractivity contribution in [3.63, 3.8) is 0 Å². The summed E-state index contributed by atoms with van der Waals surface area (Å²) in [6.45, 7) is 1.97. The lowest BCUT2D eigenvalue weighted by Crippen LogP contribution is -2.43. The molecule has 90 valence electrons. The van der Waals surface area contributed by atoms with Gasteiger partial charge >= 0.3 is 8.80 Å². The third kappa shape index (κ3) is 4.90. The first-order chi connectivity index (χ1) is 7.17. The van der Waals surface area contributed by atoms with Crippen LogP contribution in [0.5, 0.6) is 0 Å². The molecule has 0 spiro atoms. The molecule has 0 fully saturated rings. The predicted molar refractivity (Wildman–Crippen MR) is 61.8 cm³/mol. The predicted octanol–water partition coefficient (Wildman–Crippen LogP) is 1.85. The number of ether oxygens (including phenoxy) is 1. The van der Waals surface area contributed by atoms with Crippen molar-refractivity contribution in [2.45, 2.75) is 25.5 Å². The highest BCUT2D eigenvalue weighted by Crippen LogP contribution is 2.17. The molecule has 0 aromatic heterocycles. The first-order valence-electron chi connectivity index (χ1n) is 4.99. The Morgan fingerprint density at radius 3 is 1.93 bits per heavy atom. The zero-order valence-electron chi connectivity index (χ0n) is 10.3. The molecule has 0 heterocycles. The summed E-state index contributed by atoms with van der Waals surface area (Å²) < 4.78 is 21.3. The molecule has 5 heteroatoms. The van der Waals surface area contributed by atoms with Crippen LogP contribution in [-0.2, 0) is 18.0 Å². The van der Waals surface area contributed by atoms with E-state index in [1.165, 1.54) is 0 Å². The Kier molecular flexibility index (Phi) is 7.90. The van der Waals surface area contributed by atoms with E-state index in [9.17, 15) is 0 Å². The lowest BCUT2D eigenvalue weighted by molar-refractivity contribution is 0.105. The number of hydrogen-bond acceptors (Lipinski definition) is 4. The molecule has 0 rings (SSSR count). The van der Waals surface area contributed by atoms with Gasteiger partial charge in [0.1, 0.15) is 0 Å². The lowest BCUT2D eigenvalue weighted by Gasteiger charge is -2.25. The quantitative estimate of drug-likeness (QED) is 0.474. The molecule has 4 nitrogen and oxygen atoms in total.